The largest absolute Gasteiger partial charge is 0.489 e. The molecule has 0 aliphatic heterocycles. The molecule has 1 unspecified atom stereocenters. The number of hydrogen-bond acceptors (Lipinski definition) is 6. The van der Waals surface area contributed by atoms with E-state index in [9.17, 15) is 9.59 Å². The van der Waals surface area contributed by atoms with Gasteiger partial charge < -0.3 is 18.9 Å². The van der Waals surface area contributed by atoms with Gasteiger partial charge in [-0.3, -0.25) is 4.79 Å². The summed E-state index contributed by atoms with van der Waals surface area (Å²) < 4.78 is 22.2. The summed E-state index contributed by atoms with van der Waals surface area (Å²) in [6, 6.07) is 24.3. The molecule has 33 heavy (non-hydrogen) atoms. The maximum absolute atomic E-state index is 12.4. The van der Waals surface area contributed by atoms with Gasteiger partial charge in [-0.2, -0.15) is 0 Å². The van der Waals surface area contributed by atoms with Crippen molar-refractivity contribution >= 4 is 11.9 Å². The van der Waals surface area contributed by atoms with E-state index in [-0.39, 0.29) is 18.0 Å². The second-order valence-corrected chi connectivity index (χ2v) is 7.28. The number of ether oxygens (including phenoxy) is 4. The van der Waals surface area contributed by atoms with Crippen molar-refractivity contribution in [3.8, 4) is 11.5 Å². The minimum atomic E-state index is -0.517. The summed E-state index contributed by atoms with van der Waals surface area (Å²) >= 11 is 0. The minimum absolute atomic E-state index is 0.186. The summed E-state index contributed by atoms with van der Waals surface area (Å²) in [5.74, 6) is 0.0656. The fourth-order valence-corrected chi connectivity index (χ4v) is 3.31. The molecule has 3 rings (SSSR count). The number of methoxy groups -OCH3 is 1. The molecular formula is C27H28O6. The number of benzene rings is 3. The van der Waals surface area contributed by atoms with Crippen molar-refractivity contribution in [2.75, 3.05) is 13.7 Å². The van der Waals surface area contributed by atoms with Crippen LogP contribution < -0.4 is 9.47 Å². The van der Waals surface area contributed by atoms with Crippen molar-refractivity contribution in [1.29, 1.82) is 0 Å². The second kappa shape index (κ2) is 12.3. The van der Waals surface area contributed by atoms with Crippen molar-refractivity contribution in [1.82, 2.24) is 0 Å². The molecule has 0 aromatic heterocycles. The highest BCUT2D eigenvalue weighted by molar-refractivity contribution is 5.92. The lowest BCUT2D eigenvalue weighted by Crippen LogP contribution is -2.14. The highest BCUT2D eigenvalue weighted by atomic mass is 16.5. The number of rotatable bonds is 11. The van der Waals surface area contributed by atoms with Crippen LogP contribution in [-0.2, 0) is 20.9 Å². The molecule has 0 radical (unpaired) electrons. The molecule has 0 bridgehead atoms. The van der Waals surface area contributed by atoms with Crippen LogP contribution in [0.3, 0.4) is 0 Å². The van der Waals surface area contributed by atoms with Crippen molar-refractivity contribution in [2.24, 2.45) is 0 Å². The Labute approximate surface area is 194 Å². The van der Waals surface area contributed by atoms with Crippen LogP contribution in [0.4, 0.5) is 0 Å². The van der Waals surface area contributed by atoms with Crippen LogP contribution in [0.15, 0.2) is 78.9 Å². The Hall–Kier alpha value is -3.80. The predicted octanol–water partition coefficient (Wildman–Crippen LogP) is 5.52. The van der Waals surface area contributed by atoms with Gasteiger partial charge in [-0.05, 0) is 36.6 Å². The zero-order chi connectivity index (χ0) is 23.5. The zero-order valence-electron chi connectivity index (χ0n) is 18.9. The van der Waals surface area contributed by atoms with E-state index in [0.717, 1.165) is 11.1 Å². The smallest absolute Gasteiger partial charge is 0.341 e. The molecule has 0 heterocycles. The maximum Gasteiger partial charge on any atom is 0.341 e. The molecule has 6 heteroatoms. The minimum Gasteiger partial charge on any atom is -0.489 e. The van der Waals surface area contributed by atoms with Crippen LogP contribution in [0.5, 0.6) is 11.5 Å². The topological polar surface area (TPSA) is 71.1 Å². The number of hydrogen-bond donors (Lipinski definition) is 0. The second-order valence-electron chi connectivity index (χ2n) is 7.28. The third kappa shape index (κ3) is 7.10. The van der Waals surface area contributed by atoms with E-state index in [1.807, 2.05) is 60.7 Å². The summed E-state index contributed by atoms with van der Waals surface area (Å²) in [5.41, 5.74) is 2.18. The van der Waals surface area contributed by atoms with Crippen molar-refractivity contribution < 1.29 is 28.5 Å². The molecule has 0 amide bonds. The van der Waals surface area contributed by atoms with E-state index in [2.05, 4.69) is 0 Å². The predicted molar refractivity (Wildman–Crippen MR) is 124 cm³/mol. The number of carbonyl (C=O) groups is 2. The Bertz CT molecular complexity index is 1030. The monoisotopic (exact) mass is 448 g/mol. The standard InChI is InChI=1S/C27H28O6/c1-3-31-26(28)17-16-24(21-12-8-5-9-13-21)33-25-18-22(14-15-23(25)27(29)30-2)32-19-20-10-6-4-7-11-20/h4-15,18,24H,3,16-17,19H2,1-2H3. The summed E-state index contributed by atoms with van der Waals surface area (Å²) in [6.07, 6.45) is 0.104. The fourth-order valence-electron chi connectivity index (χ4n) is 3.31. The van der Waals surface area contributed by atoms with Crippen LogP contribution in [0.2, 0.25) is 0 Å². The first-order valence-corrected chi connectivity index (χ1v) is 10.9. The van der Waals surface area contributed by atoms with Gasteiger partial charge in [0.1, 0.15) is 29.8 Å². The average Bonchev–Trinajstić information content (AvgIpc) is 2.86. The molecule has 0 N–H and O–H groups in total. The van der Waals surface area contributed by atoms with Crippen molar-refractivity contribution in [3.63, 3.8) is 0 Å². The van der Waals surface area contributed by atoms with E-state index < -0.39 is 12.1 Å². The summed E-state index contributed by atoms with van der Waals surface area (Å²) in [7, 11) is 1.32. The van der Waals surface area contributed by atoms with E-state index in [1.54, 1.807) is 25.1 Å². The van der Waals surface area contributed by atoms with Gasteiger partial charge in [0.15, 0.2) is 0 Å². The molecule has 0 saturated heterocycles. The molecule has 1 atom stereocenters. The zero-order valence-corrected chi connectivity index (χ0v) is 18.9. The van der Waals surface area contributed by atoms with Gasteiger partial charge in [0.2, 0.25) is 0 Å². The van der Waals surface area contributed by atoms with Gasteiger partial charge in [-0.15, -0.1) is 0 Å². The van der Waals surface area contributed by atoms with Gasteiger partial charge in [-0.1, -0.05) is 60.7 Å². The molecule has 0 aliphatic carbocycles. The van der Waals surface area contributed by atoms with Gasteiger partial charge in [0, 0.05) is 12.5 Å². The van der Waals surface area contributed by atoms with Gasteiger partial charge in [0.25, 0.3) is 0 Å². The van der Waals surface area contributed by atoms with E-state index in [4.69, 9.17) is 18.9 Å². The number of esters is 2. The third-order valence-corrected chi connectivity index (χ3v) is 4.96. The molecule has 6 nitrogen and oxygen atoms in total. The Morgan fingerprint density at radius 3 is 2.27 bits per heavy atom. The highest BCUT2D eigenvalue weighted by Crippen LogP contribution is 2.32. The molecule has 0 aliphatic rings. The quantitative estimate of drug-likeness (QED) is 0.360. The van der Waals surface area contributed by atoms with Crippen molar-refractivity contribution in [2.45, 2.75) is 32.5 Å². The van der Waals surface area contributed by atoms with E-state index in [0.29, 0.717) is 31.1 Å². The first kappa shape index (κ1) is 23.9. The van der Waals surface area contributed by atoms with Gasteiger partial charge in [-0.25, -0.2) is 4.79 Å². The highest BCUT2D eigenvalue weighted by Gasteiger charge is 2.21. The SMILES string of the molecule is CCOC(=O)CCC(Oc1cc(OCc2ccccc2)ccc1C(=O)OC)c1ccccc1. The summed E-state index contributed by atoms with van der Waals surface area (Å²) in [4.78, 5) is 24.3. The van der Waals surface area contributed by atoms with Crippen molar-refractivity contribution in [3.05, 3.63) is 95.6 Å². The first-order valence-electron chi connectivity index (χ1n) is 10.9. The molecular weight excluding hydrogens is 420 g/mol. The Morgan fingerprint density at radius 2 is 1.61 bits per heavy atom. The average molecular weight is 449 g/mol. The van der Waals surface area contributed by atoms with Crippen LogP contribution in [0.25, 0.3) is 0 Å². The van der Waals surface area contributed by atoms with Gasteiger partial charge >= 0.3 is 11.9 Å². The lowest BCUT2D eigenvalue weighted by atomic mass is 10.0. The van der Waals surface area contributed by atoms with Gasteiger partial charge in [0.05, 0.1) is 13.7 Å². The maximum atomic E-state index is 12.4. The Kier molecular flexibility index (Phi) is 8.88. The van der Waals surface area contributed by atoms with E-state index in [1.165, 1.54) is 7.11 Å². The summed E-state index contributed by atoms with van der Waals surface area (Å²) in [5, 5.41) is 0. The fraction of sp³-hybridized carbons (Fsp3) is 0.259. The third-order valence-electron chi connectivity index (χ3n) is 4.96. The Balaban J connectivity index is 1.85. The molecule has 0 saturated carbocycles. The lowest BCUT2D eigenvalue weighted by Gasteiger charge is -2.21. The lowest BCUT2D eigenvalue weighted by molar-refractivity contribution is -0.143. The van der Waals surface area contributed by atoms with Crippen LogP contribution in [-0.4, -0.2) is 25.7 Å². The van der Waals surface area contributed by atoms with Crippen LogP contribution in [0, 0.1) is 0 Å². The van der Waals surface area contributed by atoms with Crippen LogP contribution in [0.1, 0.15) is 47.4 Å². The molecule has 172 valence electrons. The van der Waals surface area contributed by atoms with Crippen LogP contribution >= 0.6 is 0 Å². The van der Waals surface area contributed by atoms with E-state index >= 15 is 0 Å². The normalized spacial score (nSPS) is 11.3. The molecule has 3 aromatic carbocycles. The molecule has 0 spiro atoms. The molecule has 0 fully saturated rings. The summed E-state index contributed by atoms with van der Waals surface area (Å²) in [6.45, 7) is 2.47. The Morgan fingerprint density at radius 1 is 0.909 bits per heavy atom. The number of carbonyl (C=O) groups excluding carboxylic acids is 2. The first-order chi connectivity index (χ1) is 16.1. The molecule has 3 aromatic rings.